The molecule has 0 unspecified atom stereocenters. The Bertz CT molecular complexity index is 736. The van der Waals surface area contributed by atoms with Gasteiger partial charge in [-0.05, 0) is 17.5 Å². The van der Waals surface area contributed by atoms with E-state index >= 15 is 0 Å². The highest BCUT2D eigenvalue weighted by atomic mass is 35.5. The predicted molar refractivity (Wildman–Crippen MR) is 68.3 cm³/mol. The Balaban J connectivity index is 2.35. The minimum atomic E-state index is -1.07. The van der Waals surface area contributed by atoms with E-state index in [-0.39, 0.29) is 5.69 Å². The first-order chi connectivity index (χ1) is 8.66. The number of aromatic carboxylic acids is 1. The molecule has 0 spiro atoms. The van der Waals surface area contributed by atoms with Gasteiger partial charge in [0.1, 0.15) is 5.02 Å². The van der Waals surface area contributed by atoms with E-state index in [0.717, 1.165) is 4.88 Å². The molecule has 3 aromatic heterocycles. The van der Waals surface area contributed by atoms with Crippen LogP contribution in [0.1, 0.15) is 10.5 Å². The summed E-state index contributed by atoms with van der Waals surface area (Å²) < 4.78 is 1.22. The number of halogens is 1. The molecule has 0 atom stereocenters. The van der Waals surface area contributed by atoms with Gasteiger partial charge in [-0.2, -0.15) is 5.10 Å². The van der Waals surface area contributed by atoms with Crippen molar-refractivity contribution in [1.29, 1.82) is 0 Å². The molecule has 0 aromatic carbocycles. The van der Waals surface area contributed by atoms with Crippen molar-refractivity contribution < 1.29 is 9.90 Å². The largest absolute Gasteiger partial charge is 0.477 e. The Morgan fingerprint density at radius 2 is 2.33 bits per heavy atom. The Hall–Kier alpha value is -1.92. The van der Waals surface area contributed by atoms with E-state index in [1.807, 2.05) is 17.5 Å². The van der Waals surface area contributed by atoms with Crippen LogP contribution in [0.25, 0.3) is 16.2 Å². The van der Waals surface area contributed by atoms with Gasteiger partial charge in [0, 0.05) is 0 Å². The normalized spacial score (nSPS) is 10.9. The molecule has 0 radical (unpaired) electrons. The van der Waals surface area contributed by atoms with Gasteiger partial charge in [-0.25, -0.2) is 14.3 Å². The first kappa shape index (κ1) is 11.2. The third kappa shape index (κ3) is 1.66. The lowest BCUT2D eigenvalue weighted by molar-refractivity contribution is 0.0687. The molecule has 90 valence electrons. The predicted octanol–water partition coefficient (Wildman–Crippen LogP) is 2.81. The molecule has 3 rings (SSSR count). The molecule has 3 heterocycles. The molecule has 18 heavy (non-hydrogen) atoms. The highest BCUT2D eigenvalue weighted by Gasteiger charge is 2.16. The Kier molecular flexibility index (Phi) is 2.53. The first-order valence-corrected chi connectivity index (χ1v) is 6.24. The molecule has 0 saturated carbocycles. The van der Waals surface area contributed by atoms with Crippen LogP contribution in [0.5, 0.6) is 0 Å². The molecule has 0 aliphatic heterocycles. The average molecular weight is 280 g/mol. The number of carbonyl (C=O) groups is 1. The molecule has 0 amide bonds. The number of fused-ring (bicyclic) bond motifs is 1. The molecule has 0 bridgehead atoms. The van der Waals surface area contributed by atoms with Gasteiger partial charge >= 0.3 is 5.97 Å². The quantitative estimate of drug-likeness (QED) is 0.783. The number of thiophene rings is 1. The maximum absolute atomic E-state index is 11.2. The van der Waals surface area contributed by atoms with Gasteiger partial charge in [0.25, 0.3) is 0 Å². The zero-order valence-corrected chi connectivity index (χ0v) is 10.4. The Morgan fingerprint density at radius 1 is 1.50 bits per heavy atom. The fourth-order valence-corrected chi connectivity index (χ4v) is 2.49. The Morgan fingerprint density at radius 3 is 3.00 bits per heavy atom. The lowest BCUT2D eigenvalue weighted by Crippen LogP contribution is -2.07. The molecular formula is C11H6ClN3O2S. The fourth-order valence-electron chi connectivity index (χ4n) is 1.64. The summed E-state index contributed by atoms with van der Waals surface area (Å²) in [6.07, 6.45) is 1.38. The minimum Gasteiger partial charge on any atom is -0.477 e. The summed E-state index contributed by atoms with van der Waals surface area (Å²) in [5, 5.41) is 15.3. The fraction of sp³-hybridized carbons (Fsp3) is 0. The summed E-state index contributed by atoms with van der Waals surface area (Å²) in [5.41, 5.74) is 0.965. The Labute approximate surface area is 110 Å². The number of nitrogens with zero attached hydrogens (tertiary/aromatic N) is 3. The first-order valence-electron chi connectivity index (χ1n) is 4.98. The maximum atomic E-state index is 11.2. The summed E-state index contributed by atoms with van der Waals surface area (Å²) in [6.45, 7) is 0. The molecule has 0 aliphatic rings. The van der Waals surface area contributed by atoms with Gasteiger partial charge in [-0.3, -0.25) is 0 Å². The van der Waals surface area contributed by atoms with E-state index in [2.05, 4.69) is 10.1 Å². The van der Waals surface area contributed by atoms with Crippen LogP contribution in [-0.2, 0) is 0 Å². The monoisotopic (exact) mass is 279 g/mol. The number of hydrogen-bond acceptors (Lipinski definition) is 4. The number of carboxylic acid groups (broad SMARTS) is 1. The van der Waals surface area contributed by atoms with Gasteiger partial charge in [0.2, 0.25) is 0 Å². The molecule has 1 N–H and O–H groups in total. The van der Waals surface area contributed by atoms with Crippen LogP contribution in [-0.4, -0.2) is 25.7 Å². The van der Waals surface area contributed by atoms with E-state index in [0.29, 0.717) is 16.4 Å². The van der Waals surface area contributed by atoms with Crippen molar-refractivity contribution in [1.82, 2.24) is 14.6 Å². The smallest absolute Gasteiger partial charge is 0.354 e. The SMILES string of the molecule is O=C(O)c1cc(-c2cccs2)nc2c(Cl)cnn12. The van der Waals surface area contributed by atoms with E-state index in [9.17, 15) is 9.90 Å². The van der Waals surface area contributed by atoms with E-state index < -0.39 is 5.97 Å². The van der Waals surface area contributed by atoms with Crippen LogP contribution in [0.4, 0.5) is 0 Å². The van der Waals surface area contributed by atoms with Gasteiger partial charge in [-0.1, -0.05) is 17.7 Å². The third-order valence-electron chi connectivity index (χ3n) is 2.42. The van der Waals surface area contributed by atoms with E-state index in [4.69, 9.17) is 11.6 Å². The zero-order valence-electron chi connectivity index (χ0n) is 8.87. The maximum Gasteiger partial charge on any atom is 0.354 e. The van der Waals surface area contributed by atoms with Crippen molar-refractivity contribution in [2.24, 2.45) is 0 Å². The summed E-state index contributed by atoms with van der Waals surface area (Å²) in [5.74, 6) is -1.07. The molecule has 7 heteroatoms. The van der Waals surface area contributed by atoms with Crippen LogP contribution < -0.4 is 0 Å². The van der Waals surface area contributed by atoms with Crippen molar-refractivity contribution in [2.45, 2.75) is 0 Å². The van der Waals surface area contributed by atoms with Crippen LogP contribution in [0.3, 0.4) is 0 Å². The van der Waals surface area contributed by atoms with Gasteiger partial charge in [-0.15, -0.1) is 11.3 Å². The second-order valence-electron chi connectivity index (χ2n) is 3.54. The zero-order chi connectivity index (χ0) is 12.7. The lowest BCUT2D eigenvalue weighted by Gasteiger charge is -2.03. The van der Waals surface area contributed by atoms with Crippen LogP contribution in [0.2, 0.25) is 5.02 Å². The van der Waals surface area contributed by atoms with Gasteiger partial charge < -0.3 is 5.11 Å². The second kappa shape index (κ2) is 4.08. The van der Waals surface area contributed by atoms with Crippen LogP contribution >= 0.6 is 22.9 Å². The highest BCUT2D eigenvalue weighted by Crippen LogP contribution is 2.26. The van der Waals surface area contributed by atoms with Crippen LogP contribution in [0.15, 0.2) is 29.8 Å². The standard InChI is InChI=1S/C11H6ClN3O2S/c12-6-5-13-15-8(11(16)17)4-7(14-10(6)15)9-2-1-3-18-9/h1-5H,(H,16,17). The lowest BCUT2D eigenvalue weighted by atomic mass is 10.3. The van der Waals surface area contributed by atoms with Crippen molar-refractivity contribution in [3.63, 3.8) is 0 Å². The number of hydrogen-bond donors (Lipinski definition) is 1. The van der Waals surface area contributed by atoms with Crippen molar-refractivity contribution >= 4 is 34.6 Å². The molecular weight excluding hydrogens is 274 g/mol. The van der Waals surface area contributed by atoms with Gasteiger partial charge in [0.05, 0.1) is 16.8 Å². The minimum absolute atomic E-state index is 0.0373. The molecule has 0 fully saturated rings. The second-order valence-corrected chi connectivity index (χ2v) is 4.89. The van der Waals surface area contributed by atoms with Crippen LogP contribution in [0, 0.1) is 0 Å². The van der Waals surface area contributed by atoms with E-state index in [1.165, 1.54) is 28.1 Å². The summed E-state index contributed by atoms with van der Waals surface area (Å²) in [4.78, 5) is 16.4. The summed E-state index contributed by atoms with van der Waals surface area (Å²) in [6, 6.07) is 5.24. The molecule has 5 nitrogen and oxygen atoms in total. The topological polar surface area (TPSA) is 67.5 Å². The van der Waals surface area contributed by atoms with Gasteiger partial charge in [0.15, 0.2) is 11.3 Å². The van der Waals surface area contributed by atoms with E-state index in [1.54, 1.807) is 0 Å². The third-order valence-corrected chi connectivity index (χ3v) is 3.58. The molecule has 0 saturated heterocycles. The molecule has 0 aliphatic carbocycles. The number of carboxylic acids is 1. The average Bonchev–Trinajstić information content (AvgIpc) is 2.98. The highest BCUT2D eigenvalue weighted by molar-refractivity contribution is 7.13. The molecule has 3 aromatic rings. The summed E-state index contributed by atoms with van der Waals surface area (Å²) in [7, 11) is 0. The van der Waals surface area contributed by atoms with Crippen molar-refractivity contribution in [3.8, 4) is 10.6 Å². The van der Waals surface area contributed by atoms with Crippen molar-refractivity contribution in [2.75, 3.05) is 0 Å². The number of aromatic nitrogens is 3. The summed E-state index contributed by atoms with van der Waals surface area (Å²) >= 11 is 7.43. The van der Waals surface area contributed by atoms with Crippen molar-refractivity contribution in [3.05, 3.63) is 40.5 Å². The number of rotatable bonds is 2.